The van der Waals surface area contributed by atoms with Crippen molar-refractivity contribution < 1.29 is 13.3 Å². The molecule has 5 heteroatoms. The fraction of sp³-hybridized carbons (Fsp3) is 0.0652. The van der Waals surface area contributed by atoms with E-state index in [0.717, 1.165) is 66.5 Å². The van der Waals surface area contributed by atoms with Crippen molar-refractivity contribution in [1.29, 1.82) is 0 Å². The second kappa shape index (κ2) is 10.2. The fourth-order valence-electron chi connectivity index (χ4n) is 8.30. The van der Waals surface area contributed by atoms with Gasteiger partial charge in [-0.3, -0.25) is 0 Å². The zero-order chi connectivity index (χ0) is 33.8. The Labute approximate surface area is 293 Å². The summed E-state index contributed by atoms with van der Waals surface area (Å²) in [5.41, 5.74) is 13.1. The minimum atomic E-state index is -0.189. The van der Waals surface area contributed by atoms with Gasteiger partial charge in [-0.25, -0.2) is 4.98 Å². The predicted octanol–water partition coefficient (Wildman–Crippen LogP) is 13.1. The van der Waals surface area contributed by atoms with Gasteiger partial charge in [-0.15, -0.1) is 0 Å². The summed E-state index contributed by atoms with van der Waals surface area (Å²) >= 11 is 0. The van der Waals surface area contributed by atoms with Gasteiger partial charge in [0.1, 0.15) is 28.0 Å². The number of rotatable bonds is 4. The van der Waals surface area contributed by atoms with Crippen LogP contribution in [-0.4, -0.2) is 4.98 Å². The Morgan fingerprint density at radius 3 is 2.06 bits per heavy atom. The van der Waals surface area contributed by atoms with Crippen molar-refractivity contribution in [2.45, 2.75) is 19.3 Å². The van der Waals surface area contributed by atoms with Gasteiger partial charge in [0.15, 0.2) is 11.2 Å². The molecule has 11 rings (SSSR count). The van der Waals surface area contributed by atoms with E-state index in [1.807, 2.05) is 60.7 Å². The summed E-state index contributed by atoms with van der Waals surface area (Å²) in [6.45, 7) is 4.63. The number of furan rings is 2. The van der Waals surface area contributed by atoms with Crippen molar-refractivity contribution in [2.24, 2.45) is 0 Å². The van der Waals surface area contributed by atoms with Crippen molar-refractivity contribution >= 4 is 72.0 Å². The monoisotopic (exact) mass is 658 g/mol. The molecule has 3 heterocycles. The lowest BCUT2D eigenvalue weighted by Crippen LogP contribution is -2.16. The third-order valence-electron chi connectivity index (χ3n) is 10.7. The van der Waals surface area contributed by atoms with Gasteiger partial charge in [0.05, 0.1) is 11.4 Å². The molecule has 0 radical (unpaired) electrons. The second-order valence-electron chi connectivity index (χ2n) is 13.9. The zero-order valence-corrected chi connectivity index (χ0v) is 28.0. The Morgan fingerprint density at radius 2 is 1.22 bits per heavy atom. The number of anilines is 3. The van der Waals surface area contributed by atoms with Crippen molar-refractivity contribution in [3.8, 4) is 22.6 Å². The molecule has 3 aromatic heterocycles. The van der Waals surface area contributed by atoms with Crippen LogP contribution < -0.4 is 4.90 Å². The average Bonchev–Trinajstić information content (AvgIpc) is 3.92. The summed E-state index contributed by atoms with van der Waals surface area (Å²) in [4.78, 5) is 7.56. The first-order chi connectivity index (χ1) is 25.0. The molecule has 0 amide bonds. The van der Waals surface area contributed by atoms with Crippen LogP contribution >= 0.6 is 0 Å². The van der Waals surface area contributed by atoms with Crippen LogP contribution in [0.4, 0.5) is 17.1 Å². The molecule has 10 aromatic rings. The highest BCUT2D eigenvalue weighted by Crippen LogP contribution is 2.56. The molecule has 51 heavy (non-hydrogen) atoms. The molecule has 0 unspecified atom stereocenters. The summed E-state index contributed by atoms with van der Waals surface area (Å²) in [5, 5.41) is 4.14. The van der Waals surface area contributed by atoms with Crippen LogP contribution in [0.3, 0.4) is 0 Å². The molecular weight excluding hydrogens is 629 g/mol. The van der Waals surface area contributed by atoms with Gasteiger partial charge in [-0.1, -0.05) is 105 Å². The molecule has 0 bridgehead atoms. The van der Waals surface area contributed by atoms with Gasteiger partial charge in [-0.2, -0.15) is 0 Å². The van der Waals surface area contributed by atoms with Crippen molar-refractivity contribution in [3.05, 3.63) is 157 Å². The molecule has 1 aliphatic carbocycles. The average molecular weight is 659 g/mol. The van der Waals surface area contributed by atoms with Crippen LogP contribution in [0.5, 0.6) is 0 Å². The lowest BCUT2D eigenvalue weighted by atomic mass is 9.82. The van der Waals surface area contributed by atoms with Crippen LogP contribution in [0, 0.1) is 0 Å². The number of hydrogen-bond donors (Lipinski definition) is 0. The molecule has 0 saturated carbocycles. The maximum absolute atomic E-state index is 6.85. The van der Waals surface area contributed by atoms with Crippen LogP contribution in [0.15, 0.2) is 159 Å². The van der Waals surface area contributed by atoms with E-state index in [-0.39, 0.29) is 5.41 Å². The van der Waals surface area contributed by atoms with E-state index in [1.54, 1.807) is 0 Å². The molecule has 0 aliphatic heterocycles. The normalized spacial score (nSPS) is 13.5. The largest absolute Gasteiger partial charge is 0.456 e. The number of aromatic nitrogens is 1. The van der Waals surface area contributed by atoms with Gasteiger partial charge in [0.25, 0.3) is 0 Å². The molecule has 7 aromatic carbocycles. The quantitative estimate of drug-likeness (QED) is 0.188. The molecule has 0 fully saturated rings. The van der Waals surface area contributed by atoms with Crippen LogP contribution in [-0.2, 0) is 5.41 Å². The topological polar surface area (TPSA) is 55.6 Å². The smallest absolute Gasteiger partial charge is 0.227 e. The summed E-state index contributed by atoms with van der Waals surface area (Å²) in [5.74, 6) is 0.557. The van der Waals surface area contributed by atoms with Crippen LogP contribution in [0.1, 0.15) is 25.0 Å². The third-order valence-corrected chi connectivity index (χ3v) is 10.7. The van der Waals surface area contributed by atoms with Crippen molar-refractivity contribution in [2.75, 3.05) is 4.90 Å². The van der Waals surface area contributed by atoms with E-state index < -0.39 is 0 Å². The molecule has 0 saturated heterocycles. The minimum absolute atomic E-state index is 0.189. The van der Waals surface area contributed by atoms with E-state index in [9.17, 15) is 0 Å². The zero-order valence-electron chi connectivity index (χ0n) is 28.0. The molecule has 0 atom stereocenters. The summed E-state index contributed by atoms with van der Waals surface area (Å²) in [6, 6.07) is 50.4. The van der Waals surface area contributed by atoms with Crippen molar-refractivity contribution in [3.63, 3.8) is 0 Å². The number of hydrogen-bond acceptors (Lipinski definition) is 5. The van der Waals surface area contributed by atoms with Crippen LogP contribution in [0.25, 0.3) is 77.6 Å². The lowest BCUT2D eigenvalue weighted by molar-refractivity contribution is 0.620. The van der Waals surface area contributed by atoms with Gasteiger partial charge in [0, 0.05) is 44.2 Å². The first-order valence-electron chi connectivity index (χ1n) is 17.3. The first-order valence-corrected chi connectivity index (χ1v) is 17.3. The van der Waals surface area contributed by atoms with E-state index in [2.05, 4.69) is 104 Å². The Kier molecular flexibility index (Phi) is 5.66. The summed E-state index contributed by atoms with van der Waals surface area (Å²) in [6.07, 6.45) is 0. The Hall–Kier alpha value is -6.59. The highest BCUT2D eigenvalue weighted by atomic mass is 16.4. The van der Waals surface area contributed by atoms with Gasteiger partial charge in [0.2, 0.25) is 5.89 Å². The maximum atomic E-state index is 6.85. The SMILES string of the molecule is CC1(C)c2ccccc2-c2c(N(c3ccc4c(c3)oc3ccccc34)c3c4nc(-c5ccccc5)oc4cc4c3oc3ccccc34)cccc21. The van der Waals surface area contributed by atoms with Gasteiger partial charge in [-0.05, 0) is 65.2 Å². The predicted molar refractivity (Wildman–Crippen MR) is 206 cm³/mol. The molecule has 1 aliphatic rings. The number of oxazole rings is 1. The van der Waals surface area contributed by atoms with E-state index in [4.69, 9.17) is 18.2 Å². The standard InChI is InChI=1S/C46H30N2O3/c1-46(2)34-18-9-6-17-32(34)41-35(46)19-12-20-36(41)48(28-23-24-31-29-15-7-10-21-37(29)49-39(31)25-28)43-42-40(51-45(47-42)27-13-4-3-5-14-27)26-33-30-16-8-11-22-38(30)50-44(33)43/h3-26H,1-2H3. The number of benzene rings is 7. The second-order valence-corrected chi connectivity index (χ2v) is 13.9. The minimum Gasteiger partial charge on any atom is -0.456 e. The van der Waals surface area contributed by atoms with Crippen LogP contribution in [0.2, 0.25) is 0 Å². The van der Waals surface area contributed by atoms with Gasteiger partial charge < -0.3 is 18.2 Å². The molecule has 0 spiro atoms. The Bertz CT molecular complexity index is 3020. The first kappa shape index (κ1) is 28.3. The van der Waals surface area contributed by atoms with E-state index in [1.165, 1.54) is 22.3 Å². The summed E-state index contributed by atoms with van der Waals surface area (Å²) in [7, 11) is 0. The van der Waals surface area contributed by atoms with Crippen molar-refractivity contribution in [1.82, 2.24) is 4.98 Å². The molecule has 0 N–H and O–H groups in total. The number of fused-ring (bicyclic) bond motifs is 10. The number of nitrogens with zero attached hydrogens (tertiary/aromatic N) is 2. The molecule has 5 nitrogen and oxygen atoms in total. The van der Waals surface area contributed by atoms with Gasteiger partial charge >= 0.3 is 0 Å². The molecule has 242 valence electrons. The highest BCUT2D eigenvalue weighted by Gasteiger charge is 2.38. The Balaban J connectivity index is 1.29. The highest BCUT2D eigenvalue weighted by molar-refractivity contribution is 6.19. The summed E-state index contributed by atoms with van der Waals surface area (Å²) < 4.78 is 20.0. The third kappa shape index (κ3) is 3.94. The Morgan fingerprint density at radius 1 is 0.529 bits per heavy atom. The van der Waals surface area contributed by atoms with E-state index >= 15 is 0 Å². The van der Waals surface area contributed by atoms with E-state index in [0.29, 0.717) is 17.0 Å². The lowest BCUT2D eigenvalue weighted by Gasteiger charge is -2.28. The fourth-order valence-corrected chi connectivity index (χ4v) is 8.30. The molecular formula is C46H30N2O3. The number of para-hydroxylation sites is 2. The maximum Gasteiger partial charge on any atom is 0.227 e.